The lowest BCUT2D eigenvalue weighted by atomic mass is 10.0. The zero-order valence-electron chi connectivity index (χ0n) is 12.3. The van der Waals surface area contributed by atoms with E-state index in [0.717, 1.165) is 0 Å². The van der Waals surface area contributed by atoms with Gasteiger partial charge in [0.1, 0.15) is 0 Å². The van der Waals surface area contributed by atoms with Gasteiger partial charge in [0.05, 0.1) is 18.2 Å². The fraction of sp³-hybridized carbons (Fsp3) is 0.700. The molecule has 90 valence electrons. The van der Waals surface area contributed by atoms with Crippen LogP contribution in [0.4, 0.5) is 13.2 Å². The Kier molecular flexibility index (Phi) is 1.79. The lowest BCUT2D eigenvalue weighted by Gasteiger charge is -2.18. The van der Waals surface area contributed by atoms with Crippen molar-refractivity contribution in [3.05, 3.63) is 12.3 Å². The topological polar surface area (TPSA) is 37.9 Å². The van der Waals surface area contributed by atoms with Gasteiger partial charge in [-0.2, -0.15) is 18.3 Å². The maximum Gasteiger partial charge on any atom is 0.394 e. The largest absolute Gasteiger partial charge is 0.478 e. The first-order valence-electron chi connectivity index (χ1n) is 6.72. The van der Waals surface area contributed by atoms with Crippen LogP contribution in [0.2, 0.25) is 0 Å². The van der Waals surface area contributed by atoms with Gasteiger partial charge in [0.2, 0.25) is 5.88 Å². The van der Waals surface area contributed by atoms with E-state index in [2.05, 4.69) is 10.2 Å². The van der Waals surface area contributed by atoms with Crippen LogP contribution in [0.3, 0.4) is 0 Å². The average molecular weight is 238 g/mol. The Hall–Kier alpha value is -1.20. The summed E-state index contributed by atoms with van der Waals surface area (Å²) in [6.45, 7) is -0.833. The molecule has 1 aliphatic carbocycles. The van der Waals surface area contributed by atoms with E-state index in [1.807, 2.05) is 0 Å². The summed E-state index contributed by atoms with van der Waals surface area (Å²) in [6, 6.07) is 1.36. The SMILES string of the molecule is [2H]C([2H])(COc1ccn[nH]1)C([2H])([2H])C1(C(F)(F)F)CC1. The molecular weight excluding hydrogens is 221 g/mol. The number of hydrogen-bond acceptors (Lipinski definition) is 2. The molecule has 1 aromatic heterocycles. The van der Waals surface area contributed by atoms with Crippen molar-refractivity contribution in [3.63, 3.8) is 0 Å². The van der Waals surface area contributed by atoms with E-state index in [4.69, 9.17) is 10.2 Å². The molecule has 0 bridgehead atoms. The van der Waals surface area contributed by atoms with Gasteiger partial charge < -0.3 is 4.74 Å². The molecule has 0 amide bonds. The van der Waals surface area contributed by atoms with Gasteiger partial charge in [-0.1, -0.05) is 0 Å². The van der Waals surface area contributed by atoms with Crippen LogP contribution in [0.5, 0.6) is 5.88 Å². The summed E-state index contributed by atoms with van der Waals surface area (Å²) >= 11 is 0. The molecule has 1 aromatic rings. The second-order valence-electron chi connectivity index (χ2n) is 3.59. The van der Waals surface area contributed by atoms with Crippen LogP contribution in [0, 0.1) is 5.41 Å². The highest BCUT2D eigenvalue weighted by Crippen LogP contribution is 2.60. The van der Waals surface area contributed by atoms with Gasteiger partial charge >= 0.3 is 6.18 Å². The first-order chi connectivity index (χ1) is 9.04. The first kappa shape index (κ1) is 7.19. The van der Waals surface area contributed by atoms with Crippen molar-refractivity contribution in [1.82, 2.24) is 10.2 Å². The molecule has 0 spiro atoms. The molecule has 0 aromatic carbocycles. The molecule has 0 atom stereocenters. The highest BCUT2D eigenvalue weighted by molar-refractivity contribution is 5.04. The number of nitrogens with zero attached hydrogens (tertiary/aromatic N) is 1. The molecule has 1 heterocycles. The Labute approximate surface area is 96.6 Å². The first-order valence-corrected chi connectivity index (χ1v) is 4.72. The molecule has 1 N–H and O–H groups in total. The molecule has 2 rings (SSSR count). The molecule has 1 fully saturated rings. The Morgan fingerprint density at radius 2 is 2.31 bits per heavy atom. The van der Waals surface area contributed by atoms with E-state index in [0.29, 0.717) is 0 Å². The molecule has 0 saturated heterocycles. The Bertz CT molecular complexity index is 471. The van der Waals surface area contributed by atoms with Crippen molar-refractivity contribution in [3.8, 4) is 5.88 Å². The summed E-state index contributed by atoms with van der Waals surface area (Å²) in [4.78, 5) is 0. The Balaban J connectivity index is 2.15. The molecule has 1 saturated carbocycles. The number of alkyl halides is 3. The zero-order valence-corrected chi connectivity index (χ0v) is 8.27. The maximum absolute atomic E-state index is 13.0. The Morgan fingerprint density at radius 1 is 1.56 bits per heavy atom. The third-order valence-electron chi connectivity index (χ3n) is 2.40. The van der Waals surface area contributed by atoms with Crippen LogP contribution in [-0.4, -0.2) is 23.0 Å². The lowest BCUT2D eigenvalue weighted by Crippen LogP contribution is -2.24. The smallest absolute Gasteiger partial charge is 0.394 e. The van der Waals surface area contributed by atoms with Gasteiger partial charge in [0.25, 0.3) is 0 Å². The average Bonchev–Trinajstić information content (AvgIpc) is 2.99. The fourth-order valence-corrected chi connectivity index (χ4v) is 1.25. The maximum atomic E-state index is 13.0. The molecule has 0 unspecified atom stereocenters. The lowest BCUT2D eigenvalue weighted by molar-refractivity contribution is -0.189. The number of nitrogens with one attached hydrogen (secondary N) is 1. The van der Waals surface area contributed by atoms with Crippen LogP contribution in [-0.2, 0) is 0 Å². The van der Waals surface area contributed by atoms with Gasteiger partial charge in [0, 0.05) is 11.5 Å². The third-order valence-corrected chi connectivity index (χ3v) is 2.40. The molecule has 0 radical (unpaired) electrons. The quantitative estimate of drug-likeness (QED) is 0.856. The number of aromatic nitrogens is 2. The fourth-order valence-electron chi connectivity index (χ4n) is 1.25. The van der Waals surface area contributed by atoms with Gasteiger partial charge in [-0.05, 0) is 25.6 Å². The Morgan fingerprint density at radius 3 is 2.81 bits per heavy atom. The highest BCUT2D eigenvalue weighted by atomic mass is 19.4. The molecule has 16 heavy (non-hydrogen) atoms. The van der Waals surface area contributed by atoms with Crippen LogP contribution < -0.4 is 4.74 Å². The number of aromatic amines is 1. The van der Waals surface area contributed by atoms with Gasteiger partial charge in [-0.3, -0.25) is 0 Å². The molecule has 3 nitrogen and oxygen atoms in total. The number of ether oxygens (including phenoxy) is 1. The van der Waals surface area contributed by atoms with E-state index in [1.165, 1.54) is 12.3 Å². The normalized spacial score (nSPS) is 23.9. The molecular formula is C10H13F3N2O. The van der Waals surface area contributed by atoms with Crippen LogP contribution in [0.15, 0.2) is 12.3 Å². The second-order valence-corrected chi connectivity index (χ2v) is 3.59. The van der Waals surface area contributed by atoms with Crippen molar-refractivity contribution in [2.24, 2.45) is 5.41 Å². The van der Waals surface area contributed by atoms with Crippen LogP contribution in [0.25, 0.3) is 0 Å². The minimum absolute atomic E-state index is 0.0709. The van der Waals surface area contributed by atoms with E-state index < -0.39 is 43.8 Å². The van der Waals surface area contributed by atoms with Crippen molar-refractivity contribution in [2.75, 3.05) is 6.61 Å². The van der Waals surface area contributed by atoms with Crippen LogP contribution in [0.1, 0.15) is 31.1 Å². The van der Waals surface area contributed by atoms with Crippen molar-refractivity contribution in [2.45, 2.75) is 31.8 Å². The summed E-state index contributed by atoms with van der Waals surface area (Å²) < 4.78 is 74.4. The summed E-state index contributed by atoms with van der Waals surface area (Å²) in [6.07, 6.45) is -10.1. The minimum atomic E-state index is -4.78. The molecule has 0 aliphatic heterocycles. The van der Waals surface area contributed by atoms with E-state index in [9.17, 15) is 13.2 Å². The summed E-state index contributed by atoms with van der Waals surface area (Å²) in [5.74, 6) is 0.0709. The van der Waals surface area contributed by atoms with Crippen molar-refractivity contribution in [1.29, 1.82) is 0 Å². The summed E-state index contributed by atoms with van der Waals surface area (Å²) in [5.41, 5.74) is -2.62. The summed E-state index contributed by atoms with van der Waals surface area (Å²) in [5, 5.41) is 5.90. The third kappa shape index (κ3) is 2.31. The number of rotatable bonds is 5. The monoisotopic (exact) mass is 238 g/mol. The highest BCUT2D eigenvalue weighted by Gasteiger charge is 2.62. The van der Waals surface area contributed by atoms with E-state index in [-0.39, 0.29) is 5.88 Å². The van der Waals surface area contributed by atoms with Crippen molar-refractivity contribution >= 4 is 0 Å². The number of halogens is 3. The zero-order chi connectivity index (χ0) is 15.2. The van der Waals surface area contributed by atoms with Gasteiger partial charge in [0.15, 0.2) is 0 Å². The second kappa shape index (κ2) is 3.99. The number of hydrogen-bond donors (Lipinski definition) is 1. The molecule has 1 aliphatic rings. The van der Waals surface area contributed by atoms with Crippen molar-refractivity contribution < 1.29 is 23.4 Å². The van der Waals surface area contributed by atoms with Gasteiger partial charge in [-0.15, -0.1) is 0 Å². The molecule has 6 heteroatoms. The van der Waals surface area contributed by atoms with E-state index >= 15 is 0 Å². The standard InChI is InChI=1S/C10H13F3N2O/c11-10(12,13)9(4-5-9)3-1-7-16-8-2-6-14-15-8/h2,6H,1,3-5,7H2,(H,14,15)/i1D2,3D2. The predicted molar refractivity (Wildman–Crippen MR) is 51.0 cm³/mol. The van der Waals surface area contributed by atoms with Gasteiger partial charge in [-0.25, -0.2) is 5.10 Å². The minimum Gasteiger partial charge on any atom is -0.478 e. The number of H-pyrrole nitrogens is 1. The summed E-state index contributed by atoms with van der Waals surface area (Å²) in [7, 11) is 0. The van der Waals surface area contributed by atoms with Crippen LogP contribution >= 0.6 is 0 Å². The predicted octanol–water partition coefficient (Wildman–Crippen LogP) is 2.91. The van der Waals surface area contributed by atoms with E-state index in [1.54, 1.807) is 0 Å².